The largest absolute Gasteiger partial charge is 0.453 e. The summed E-state index contributed by atoms with van der Waals surface area (Å²) in [5.74, 6) is 3.47. The van der Waals surface area contributed by atoms with Gasteiger partial charge in [-0.2, -0.15) is 13.2 Å². The van der Waals surface area contributed by atoms with E-state index < -0.39 is 12.0 Å². The molecule has 1 spiro atoms. The van der Waals surface area contributed by atoms with E-state index in [9.17, 15) is 18.0 Å². The van der Waals surface area contributed by atoms with Crippen LogP contribution in [0.1, 0.15) is 97.1 Å². The van der Waals surface area contributed by atoms with Gasteiger partial charge in [-0.05, 0) is 40.0 Å². The number of rotatable bonds is 9. The second kappa shape index (κ2) is 15.7. The average molecular weight is 842 g/mol. The fourth-order valence-electron chi connectivity index (χ4n) is 8.76. The number of methoxy groups -OCH3 is 1. The Bertz CT molecular complexity index is 2240. The molecule has 4 aliphatic heterocycles. The zero-order valence-corrected chi connectivity index (χ0v) is 35.6. The summed E-state index contributed by atoms with van der Waals surface area (Å²) < 4.78 is 61.0. The topological polar surface area (TPSA) is 157 Å². The summed E-state index contributed by atoms with van der Waals surface area (Å²) in [7, 11) is 1.43. The molecule has 318 valence electrons. The molecular formula is C39H52F3N12O4S+. The van der Waals surface area contributed by atoms with Crippen molar-refractivity contribution in [2.24, 2.45) is 5.41 Å². The Kier molecular flexibility index (Phi) is 10.9. The molecule has 3 saturated heterocycles. The fourth-order valence-corrected chi connectivity index (χ4v) is 9.65. The van der Waals surface area contributed by atoms with Crippen molar-refractivity contribution in [1.29, 1.82) is 0 Å². The van der Waals surface area contributed by atoms with Crippen molar-refractivity contribution in [1.82, 2.24) is 39.6 Å². The highest BCUT2D eigenvalue weighted by Crippen LogP contribution is 2.43. The molecule has 4 aromatic heterocycles. The quantitative estimate of drug-likeness (QED) is 0.198. The van der Waals surface area contributed by atoms with E-state index in [4.69, 9.17) is 33.9 Å². The van der Waals surface area contributed by atoms with Gasteiger partial charge in [0.1, 0.15) is 34.1 Å². The van der Waals surface area contributed by atoms with Gasteiger partial charge in [-0.15, -0.1) is 10.2 Å². The van der Waals surface area contributed by atoms with Gasteiger partial charge in [0.05, 0.1) is 36.1 Å². The standard InChI is InChI=1S/C39H52F3N12O4S/c1-21(2)31-44-30(22(3)34(46-31)51-12-10-38(19-51)11-13-52(20-38)37(55)56-8)29-24(5)54(58-25(29)6)59-26(7)33-45-32(43-27-9-16-57-18-27)23(4)35(47-33)50-14-15-53-28(17-50)48-49-36(53)39(40,41)42/h21,26-27H,9-20H2,1-8H3,(H,43,45,47)/q+1/t26?,27-,38?/m1/s1. The van der Waals surface area contributed by atoms with Crippen LogP contribution in [0.15, 0.2) is 4.52 Å². The molecule has 3 fully saturated rings. The molecule has 1 N–H and O–H groups in total. The number of aryl methyl sites for hydroxylation is 1. The Labute approximate surface area is 345 Å². The minimum Gasteiger partial charge on any atom is -0.453 e. The number of nitrogens with zero attached hydrogens (tertiary/aromatic N) is 11. The van der Waals surface area contributed by atoms with E-state index in [1.807, 2.05) is 32.6 Å². The number of hydrogen-bond donors (Lipinski definition) is 1. The van der Waals surface area contributed by atoms with Crippen molar-refractivity contribution in [2.75, 3.05) is 68.2 Å². The Balaban J connectivity index is 1.09. The molecule has 0 aliphatic carbocycles. The van der Waals surface area contributed by atoms with Crippen LogP contribution in [-0.2, 0) is 28.7 Å². The summed E-state index contributed by atoms with van der Waals surface area (Å²) in [6.45, 7) is 18.8. The van der Waals surface area contributed by atoms with Crippen LogP contribution < -0.4 is 19.3 Å². The summed E-state index contributed by atoms with van der Waals surface area (Å²) in [5, 5.41) is 10.6. The van der Waals surface area contributed by atoms with Gasteiger partial charge in [-0.25, -0.2) is 29.3 Å². The van der Waals surface area contributed by atoms with E-state index in [0.29, 0.717) is 49.5 Å². The minimum atomic E-state index is -4.59. The number of carbonyl (C=O) groups excluding carboxylic acids is 1. The van der Waals surface area contributed by atoms with Crippen LogP contribution >= 0.6 is 11.9 Å². The molecule has 0 saturated carbocycles. The molecule has 20 heteroatoms. The highest BCUT2D eigenvalue weighted by molar-refractivity contribution is 7.93. The van der Waals surface area contributed by atoms with Crippen molar-refractivity contribution in [3.8, 4) is 11.3 Å². The maximum absolute atomic E-state index is 13.6. The summed E-state index contributed by atoms with van der Waals surface area (Å²) in [5.41, 5.74) is 4.32. The maximum Gasteiger partial charge on any atom is 0.451 e. The monoisotopic (exact) mass is 841 g/mol. The molecular weight excluding hydrogens is 790 g/mol. The number of amides is 1. The van der Waals surface area contributed by atoms with Crippen molar-refractivity contribution in [2.45, 2.75) is 104 Å². The molecule has 4 aliphatic rings. The van der Waals surface area contributed by atoms with E-state index in [1.54, 1.807) is 9.05 Å². The minimum absolute atomic E-state index is 0.0106. The van der Waals surface area contributed by atoms with Crippen LogP contribution in [0.3, 0.4) is 0 Å². The second-order valence-electron chi connectivity index (χ2n) is 16.6. The zero-order valence-electron chi connectivity index (χ0n) is 34.8. The maximum atomic E-state index is 13.6. The second-order valence-corrected chi connectivity index (χ2v) is 17.8. The normalized spacial score (nSPS) is 21.3. The number of hydrogen-bond acceptors (Lipinski definition) is 14. The molecule has 0 aromatic carbocycles. The SMILES string of the molecule is COC(=O)N1CCC2(CCN(c3nc(C(C)C)nc(-c4c(C)o[n+](SC(C)c5nc(N[C@@H]6CCOC6)c(C)c(N6CCn7c(nnc7C(F)(F)F)C6)n5)c4C)c3C)C2)C1. The van der Waals surface area contributed by atoms with Gasteiger partial charge in [0.15, 0.2) is 17.4 Å². The molecule has 8 heterocycles. The third kappa shape index (κ3) is 7.77. The first kappa shape index (κ1) is 41.0. The third-order valence-electron chi connectivity index (χ3n) is 12.0. The lowest BCUT2D eigenvalue weighted by atomic mass is 9.86. The highest BCUT2D eigenvalue weighted by Gasteiger charge is 2.46. The lowest BCUT2D eigenvalue weighted by molar-refractivity contribution is -0.710. The molecule has 0 bridgehead atoms. The van der Waals surface area contributed by atoms with Crippen LogP contribution in [0.2, 0.25) is 0 Å². The molecule has 3 atom stereocenters. The van der Waals surface area contributed by atoms with Gasteiger partial charge in [-0.3, -0.25) is 0 Å². The molecule has 16 nitrogen and oxygen atoms in total. The van der Waals surface area contributed by atoms with Crippen LogP contribution in [0.5, 0.6) is 0 Å². The number of likely N-dealkylation sites (tertiary alicyclic amines) is 1. The number of carbonyl (C=O) groups is 1. The molecule has 1 amide bonds. The molecule has 59 heavy (non-hydrogen) atoms. The number of ether oxygens (including phenoxy) is 2. The first-order valence-electron chi connectivity index (χ1n) is 20.2. The predicted octanol–water partition coefficient (Wildman–Crippen LogP) is 5.93. The Morgan fingerprint density at radius 1 is 0.949 bits per heavy atom. The number of nitrogens with one attached hydrogen (secondary N) is 1. The van der Waals surface area contributed by atoms with Crippen molar-refractivity contribution in [3.05, 3.63) is 45.9 Å². The zero-order chi connectivity index (χ0) is 42.0. The van der Waals surface area contributed by atoms with Gasteiger partial charge in [-0.1, -0.05) is 13.8 Å². The first-order chi connectivity index (χ1) is 28.1. The van der Waals surface area contributed by atoms with Gasteiger partial charge < -0.3 is 34.1 Å². The summed E-state index contributed by atoms with van der Waals surface area (Å²) in [4.78, 5) is 38.8. The average Bonchev–Trinajstić information content (AvgIpc) is 4.05. The fraction of sp³-hybridized carbons (Fsp3) is 0.641. The highest BCUT2D eigenvalue weighted by atomic mass is 32.2. The van der Waals surface area contributed by atoms with Gasteiger partial charge in [0, 0.05) is 82.2 Å². The number of alkyl halides is 3. The van der Waals surface area contributed by atoms with Crippen molar-refractivity contribution < 1.29 is 36.1 Å². The third-order valence-corrected chi connectivity index (χ3v) is 13.1. The number of halogens is 3. The molecule has 0 radical (unpaired) electrons. The number of anilines is 3. The van der Waals surface area contributed by atoms with Gasteiger partial charge in [0.25, 0.3) is 5.69 Å². The Hall–Kier alpha value is -4.72. The molecule has 2 unspecified atom stereocenters. The van der Waals surface area contributed by atoms with E-state index in [2.05, 4.69) is 41.2 Å². The predicted molar refractivity (Wildman–Crippen MR) is 213 cm³/mol. The van der Waals surface area contributed by atoms with Crippen LogP contribution in [0.25, 0.3) is 11.3 Å². The van der Waals surface area contributed by atoms with E-state index in [1.165, 1.54) is 19.1 Å². The van der Waals surface area contributed by atoms with Crippen molar-refractivity contribution >= 4 is 35.5 Å². The number of fused-ring (bicyclic) bond motifs is 1. The van der Waals surface area contributed by atoms with Crippen LogP contribution in [0, 0.1) is 33.1 Å². The molecule has 4 aromatic rings. The lowest BCUT2D eigenvalue weighted by Crippen LogP contribution is -2.37. The van der Waals surface area contributed by atoms with Gasteiger partial charge >= 0.3 is 12.3 Å². The van der Waals surface area contributed by atoms with Crippen LogP contribution in [0.4, 0.5) is 35.4 Å². The molecule has 8 rings (SSSR count). The van der Waals surface area contributed by atoms with E-state index in [-0.39, 0.29) is 54.2 Å². The Morgan fingerprint density at radius 2 is 1.69 bits per heavy atom. The van der Waals surface area contributed by atoms with Gasteiger partial charge in [0.2, 0.25) is 17.8 Å². The smallest absolute Gasteiger partial charge is 0.451 e. The summed E-state index contributed by atoms with van der Waals surface area (Å²) in [6.07, 6.45) is -2.16. The first-order valence-corrected chi connectivity index (χ1v) is 21.0. The summed E-state index contributed by atoms with van der Waals surface area (Å²) in [6, 6.07) is 0.0634. The van der Waals surface area contributed by atoms with E-state index >= 15 is 0 Å². The van der Waals surface area contributed by atoms with Crippen LogP contribution in [-0.4, -0.2) is 105 Å². The lowest BCUT2D eigenvalue weighted by Gasteiger charge is -2.31. The van der Waals surface area contributed by atoms with Crippen molar-refractivity contribution in [3.63, 3.8) is 0 Å². The summed E-state index contributed by atoms with van der Waals surface area (Å²) >= 11 is 1.43. The Morgan fingerprint density at radius 3 is 2.41 bits per heavy atom. The number of aromatic nitrogens is 8. The van der Waals surface area contributed by atoms with E-state index in [0.717, 1.165) is 76.6 Å².